The van der Waals surface area contributed by atoms with Gasteiger partial charge in [0.15, 0.2) is 11.7 Å². The highest BCUT2D eigenvalue weighted by Gasteiger charge is 2.33. The van der Waals surface area contributed by atoms with Crippen LogP contribution >= 0.6 is 22.7 Å². The number of amidine groups is 1. The molecule has 1 aliphatic rings. The van der Waals surface area contributed by atoms with Crippen LogP contribution < -0.4 is 0 Å². The Bertz CT molecular complexity index is 3510. The fourth-order valence-electron chi connectivity index (χ4n) is 9.01. The lowest BCUT2D eigenvalue weighted by Gasteiger charge is -2.30. The molecule has 0 radical (unpaired) electrons. The molecule has 1 aliphatic heterocycles. The Hall–Kier alpha value is -6.80. The number of aromatic nitrogens is 2. The van der Waals surface area contributed by atoms with Gasteiger partial charge in [-0.15, -0.1) is 22.7 Å². The summed E-state index contributed by atoms with van der Waals surface area (Å²) in [6, 6.07) is 57.5. The normalized spacial score (nSPS) is 15.8. The van der Waals surface area contributed by atoms with E-state index in [1.54, 1.807) is 11.3 Å². The summed E-state index contributed by atoms with van der Waals surface area (Å²) in [6.45, 7) is 2.26. The van der Waals surface area contributed by atoms with E-state index in [0.717, 1.165) is 89.3 Å². The Morgan fingerprint density at radius 2 is 1.27 bits per heavy atom. The van der Waals surface area contributed by atoms with Crippen molar-refractivity contribution in [2.75, 3.05) is 0 Å². The van der Waals surface area contributed by atoms with Crippen molar-refractivity contribution in [1.82, 2.24) is 9.97 Å². The number of furan rings is 1. The molecule has 4 aromatic heterocycles. The van der Waals surface area contributed by atoms with E-state index in [1.807, 2.05) is 47.7 Å². The van der Waals surface area contributed by atoms with Crippen molar-refractivity contribution >= 4 is 96.6 Å². The number of rotatable bonds is 6. The van der Waals surface area contributed by atoms with Crippen LogP contribution in [-0.2, 0) is 0 Å². The molecule has 5 heterocycles. The summed E-state index contributed by atoms with van der Waals surface area (Å²) in [6.07, 6.45) is 0.880. The second kappa shape index (κ2) is 13.7. The molecule has 59 heavy (non-hydrogen) atoms. The van der Waals surface area contributed by atoms with E-state index in [2.05, 4.69) is 134 Å². The van der Waals surface area contributed by atoms with Gasteiger partial charge in [-0.05, 0) is 48.4 Å². The molecule has 280 valence electrons. The topological polar surface area (TPSA) is 63.6 Å². The van der Waals surface area contributed by atoms with Crippen molar-refractivity contribution < 1.29 is 4.42 Å². The third-order valence-electron chi connectivity index (χ3n) is 11.7. The van der Waals surface area contributed by atoms with Gasteiger partial charge < -0.3 is 4.42 Å². The third-order valence-corrected chi connectivity index (χ3v) is 14.0. The standard InChI is InChI=1S/C52H34N4OS2/c1-2-33-46(30-15-5-3-6-16-30)53-52(37-22-13-24-40-44(37)34-19-9-11-23-39(34)57-40)55-48(33)36-21-14-26-43-45(36)38-29-32(27-28-42(38)58-43)47-50-49(35-20-10-12-25-41(35)59-50)56-51(54-47)31-17-7-4-8-18-31/h3-29,33,46H,2H2,1H3. The van der Waals surface area contributed by atoms with E-state index in [0.29, 0.717) is 0 Å². The largest absolute Gasteiger partial charge is 0.456 e. The minimum Gasteiger partial charge on any atom is -0.456 e. The summed E-state index contributed by atoms with van der Waals surface area (Å²) in [4.78, 5) is 21.7. The minimum absolute atomic E-state index is 0.0543. The van der Waals surface area contributed by atoms with Gasteiger partial charge in [-0.3, -0.25) is 4.99 Å². The van der Waals surface area contributed by atoms with Crippen LogP contribution in [0.15, 0.2) is 178 Å². The van der Waals surface area contributed by atoms with Crippen molar-refractivity contribution in [3.05, 3.63) is 180 Å². The van der Waals surface area contributed by atoms with Gasteiger partial charge in [0.2, 0.25) is 0 Å². The average Bonchev–Trinajstić information content (AvgIpc) is 4.00. The summed E-state index contributed by atoms with van der Waals surface area (Å²) in [5, 5.41) is 5.69. The molecule has 0 bridgehead atoms. The minimum atomic E-state index is -0.119. The van der Waals surface area contributed by atoms with Crippen LogP contribution in [0.25, 0.3) is 85.1 Å². The number of hydrogen-bond donors (Lipinski definition) is 0. The number of hydrogen-bond acceptors (Lipinski definition) is 7. The molecule has 12 rings (SSSR count). The first-order valence-corrected chi connectivity index (χ1v) is 21.7. The molecule has 0 fully saturated rings. The Labute approximate surface area is 347 Å². The summed E-state index contributed by atoms with van der Waals surface area (Å²) >= 11 is 3.60. The fourth-order valence-corrected chi connectivity index (χ4v) is 11.3. The first-order chi connectivity index (χ1) is 29.2. The van der Waals surface area contributed by atoms with Gasteiger partial charge in [0.25, 0.3) is 0 Å². The van der Waals surface area contributed by atoms with E-state index in [4.69, 9.17) is 24.4 Å². The average molecular weight is 795 g/mol. The molecule has 11 aromatic rings. The molecule has 7 aromatic carbocycles. The van der Waals surface area contributed by atoms with E-state index in [9.17, 15) is 0 Å². The molecule has 0 saturated heterocycles. The van der Waals surface area contributed by atoms with Crippen molar-refractivity contribution in [1.29, 1.82) is 0 Å². The zero-order valence-corrected chi connectivity index (χ0v) is 33.6. The monoisotopic (exact) mass is 794 g/mol. The quantitative estimate of drug-likeness (QED) is 0.168. The molecule has 7 heteroatoms. The van der Waals surface area contributed by atoms with Crippen molar-refractivity contribution in [3.8, 4) is 22.6 Å². The lowest BCUT2D eigenvalue weighted by molar-refractivity contribution is 0.533. The SMILES string of the molecule is CCC1C(c2cccc3sc4ccc(-c5nc(-c6ccccc6)nc6c5sc5ccccc56)cc4c23)=NC(c2cccc3oc4ccccc4c23)=NC1c1ccccc1. The number of thiophene rings is 2. The zero-order valence-electron chi connectivity index (χ0n) is 32.0. The summed E-state index contributed by atoms with van der Waals surface area (Å²) in [7, 11) is 0. The predicted molar refractivity (Wildman–Crippen MR) is 248 cm³/mol. The highest BCUT2D eigenvalue weighted by molar-refractivity contribution is 7.26. The van der Waals surface area contributed by atoms with Gasteiger partial charge >= 0.3 is 0 Å². The predicted octanol–water partition coefficient (Wildman–Crippen LogP) is 14.5. The number of aliphatic imine (C=N–C) groups is 2. The first-order valence-electron chi connectivity index (χ1n) is 20.0. The lowest BCUT2D eigenvalue weighted by Crippen LogP contribution is -2.28. The first kappa shape index (κ1) is 34.3. The van der Waals surface area contributed by atoms with E-state index in [1.165, 1.54) is 30.4 Å². The number of para-hydroxylation sites is 1. The maximum Gasteiger partial charge on any atom is 0.160 e. The summed E-state index contributed by atoms with van der Waals surface area (Å²) in [5.41, 5.74) is 10.1. The molecule has 0 N–H and O–H groups in total. The van der Waals surface area contributed by atoms with Crippen LogP contribution in [0.3, 0.4) is 0 Å². The smallest absolute Gasteiger partial charge is 0.160 e. The van der Waals surface area contributed by atoms with Crippen LogP contribution in [0.2, 0.25) is 0 Å². The van der Waals surface area contributed by atoms with Gasteiger partial charge in [-0.25, -0.2) is 15.0 Å². The van der Waals surface area contributed by atoms with Crippen molar-refractivity contribution in [2.24, 2.45) is 15.9 Å². The Balaban J connectivity index is 1.10. The Morgan fingerprint density at radius 1 is 0.559 bits per heavy atom. The highest BCUT2D eigenvalue weighted by Crippen LogP contribution is 2.45. The van der Waals surface area contributed by atoms with E-state index in [-0.39, 0.29) is 12.0 Å². The van der Waals surface area contributed by atoms with Gasteiger partial charge in [-0.1, -0.05) is 134 Å². The number of nitrogens with zero attached hydrogens (tertiary/aromatic N) is 4. The highest BCUT2D eigenvalue weighted by atomic mass is 32.1. The van der Waals surface area contributed by atoms with Gasteiger partial charge in [0, 0.05) is 69.2 Å². The molecular formula is C52H34N4OS2. The zero-order chi connectivity index (χ0) is 39.0. The van der Waals surface area contributed by atoms with Crippen LogP contribution in [0.4, 0.5) is 0 Å². The van der Waals surface area contributed by atoms with E-state index < -0.39 is 0 Å². The summed E-state index contributed by atoms with van der Waals surface area (Å²) in [5.74, 6) is 1.52. The van der Waals surface area contributed by atoms with Crippen LogP contribution in [0.5, 0.6) is 0 Å². The Morgan fingerprint density at radius 3 is 2.14 bits per heavy atom. The third kappa shape index (κ3) is 5.49. The van der Waals surface area contributed by atoms with Crippen LogP contribution in [0, 0.1) is 5.92 Å². The molecule has 0 spiro atoms. The van der Waals surface area contributed by atoms with Crippen LogP contribution in [-0.4, -0.2) is 21.5 Å². The fraction of sp³-hybridized carbons (Fsp3) is 0.0769. The molecular weight excluding hydrogens is 761 g/mol. The second-order valence-electron chi connectivity index (χ2n) is 15.1. The van der Waals surface area contributed by atoms with Crippen molar-refractivity contribution in [2.45, 2.75) is 19.4 Å². The summed E-state index contributed by atoms with van der Waals surface area (Å²) < 4.78 is 11.1. The number of fused-ring (bicyclic) bond motifs is 9. The van der Waals surface area contributed by atoms with Crippen molar-refractivity contribution in [3.63, 3.8) is 0 Å². The molecule has 0 aliphatic carbocycles. The maximum atomic E-state index is 6.36. The number of benzene rings is 7. The lowest BCUT2D eigenvalue weighted by atomic mass is 9.82. The Kier molecular flexibility index (Phi) is 7.93. The molecule has 2 unspecified atom stereocenters. The van der Waals surface area contributed by atoms with Gasteiger partial charge in [0.05, 0.1) is 27.7 Å². The maximum absolute atomic E-state index is 6.36. The molecule has 5 nitrogen and oxygen atoms in total. The van der Waals surface area contributed by atoms with Gasteiger partial charge in [-0.2, -0.15) is 0 Å². The van der Waals surface area contributed by atoms with Gasteiger partial charge in [0.1, 0.15) is 11.2 Å². The molecule has 0 amide bonds. The van der Waals surface area contributed by atoms with E-state index >= 15 is 0 Å². The second-order valence-corrected chi connectivity index (χ2v) is 17.3. The molecule has 2 atom stereocenters. The van der Waals surface area contributed by atoms with Crippen LogP contribution in [0.1, 0.15) is 36.1 Å². The molecule has 0 saturated carbocycles.